The Labute approximate surface area is 108 Å². The van der Waals surface area contributed by atoms with Crippen molar-refractivity contribution in [3.05, 3.63) is 41.7 Å². The van der Waals surface area contributed by atoms with Crippen molar-refractivity contribution < 1.29 is 0 Å². The SMILES string of the molecule is CCCc1ccccc1-n1cc(C(N)CC)nn1. The molecule has 0 spiro atoms. The average Bonchev–Trinajstić information content (AvgIpc) is 2.88. The van der Waals surface area contributed by atoms with Gasteiger partial charge < -0.3 is 5.73 Å². The van der Waals surface area contributed by atoms with Gasteiger partial charge in [0.2, 0.25) is 0 Å². The molecule has 1 heterocycles. The van der Waals surface area contributed by atoms with Gasteiger partial charge in [0.15, 0.2) is 0 Å². The molecule has 2 aromatic rings. The smallest absolute Gasteiger partial charge is 0.0998 e. The van der Waals surface area contributed by atoms with Crippen LogP contribution < -0.4 is 5.73 Å². The summed E-state index contributed by atoms with van der Waals surface area (Å²) in [5, 5.41) is 8.34. The molecule has 1 aromatic carbocycles. The van der Waals surface area contributed by atoms with Crippen LogP contribution in [-0.4, -0.2) is 15.0 Å². The summed E-state index contributed by atoms with van der Waals surface area (Å²) in [6.45, 7) is 4.23. The van der Waals surface area contributed by atoms with Gasteiger partial charge in [-0.2, -0.15) is 0 Å². The first-order valence-corrected chi connectivity index (χ1v) is 6.52. The number of hydrogen-bond acceptors (Lipinski definition) is 3. The lowest BCUT2D eigenvalue weighted by Gasteiger charge is -2.07. The van der Waals surface area contributed by atoms with Gasteiger partial charge in [0, 0.05) is 0 Å². The summed E-state index contributed by atoms with van der Waals surface area (Å²) in [5.74, 6) is 0. The fourth-order valence-corrected chi connectivity index (χ4v) is 1.99. The molecule has 0 radical (unpaired) electrons. The van der Waals surface area contributed by atoms with E-state index >= 15 is 0 Å². The predicted molar refractivity (Wildman–Crippen MR) is 72.6 cm³/mol. The van der Waals surface area contributed by atoms with Crippen LogP contribution in [0, 0.1) is 0 Å². The normalized spacial score (nSPS) is 12.6. The molecule has 1 unspecified atom stereocenters. The number of nitrogens with two attached hydrogens (primary N) is 1. The maximum Gasteiger partial charge on any atom is 0.0998 e. The molecular weight excluding hydrogens is 224 g/mol. The molecule has 0 amide bonds. The van der Waals surface area contributed by atoms with Crippen LogP contribution in [0.1, 0.15) is 44.0 Å². The highest BCUT2D eigenvalue weighted by molar-refractivity contribution is 5.40. The van der Waals surface area contributed by atoms with Gasteiger partial charge in [0.05, 0.1) is 23.6 Å². The highest BCUT2D eigenvalue weighted by Crippen LogP contribution is 2.17. The predicted octanol–water partition coefficient (Wildman–Crippen LogP) is 2.63. The second-order valence-corrected chi connectivity index (χ2v) is 4.48. The summed E-state index contributed by atoms with van der Waals surface area (Å²) >= 11 is 0. The van der Waals surface area contributed by atoms with E-state index in [-0.39, 0.29) is 6.04 Å². The Morgan fingerprint density at radius 2 is 2.06 bits per heavy atom. The van der Waals surface area contributed by atoms with E-state index in [0.29, 0.717) is 0 Å². The molecule has 4 nitrogen and oxygen atoms in total. The lowest BCUT2D eigenvalue weighted by atomic mass is 10.1. The number of aryl methyl sites for hydroxylation is 1. The zero-order valence-corrected chi connectivity index (χ0v) is 11.0. The summed E-state index contributed by atoms with van der Waals surface area (Å²) in [7, 11) is 0. The van der Waals surface area contributed by atoms with Crippen LogP contribution in [0.15, 0.2) is 30.5 Å². The molecule has 0 fully saturated rings. The highest BCUT2D eigenvalue weighted by Gasteiger charge is 2.10. The third-order valence-corrected chi connectivity index (χ3v) is 3.09. The Balaban J connectivity index is 2.33. The molecule has 0 aliphatic heterocycles. The molecule has 4 heteroatoms. The zero-order chi connectivity index (χ0) is 13.0. The van der Waals surface area contributed by atoms with E-state index in [1.54, 1.807) is 0 Å². The Morgan fingerprint density at radius 1 is 1.28 bits per heavy atom. The van der Waals surface area contributed by atoms with Crippen molar-refractivity contribution in [3.63, 3.8) is 0 Å². The van der Waals surface area contributed by atoms with Crippen LogP contribution in [0.4, 0.5) is 0 Å². The molecule has 0 bridgehead atoms. The van der Waals surface area contributed by atoms with Gasteiger partial charge in [-0.1, -0.05) is 43.7 Å². The number of hydrogen-bond donors (Lipinski definition) is 1. The van der Waals surface area contributed by atoms with Gasteiger partial charge in [-0.05, 0) is 24.5 Å². The number of rotatable bonds is 5. The number of para-hydroxylation sites is 1. The van der Waals surface area contributed by atoms with E-state index in [0.717, 1.165) is 30.6 Å². The topological polar surface area (TPSA) is 56.7 Å². The van der Waals surface area contributed by atoms with Gasteiger partial charge in [0.25, 0.3) is 0 Å². The van der Waals surface area contributed by atoms with Crippen LogP contribution >= 0.6 is 0 Å². The number of benzene rings is 1. The molecule has 0 aliphatic carbocycles. The molecule has 2 N–H and O–H groups in total. The Morgan fingerprint density at radius 3 is 2.78 bits per heavy atom. The number of aromatic nitrogens is 3. The minimum Gasteiger partial charge on any atom is -0.323 e. The molecular formula is C14H20N4. The fraction of sp³-hybridized carbons (Fsp3) is 0.429. The minimum atomic E-state index is -0.0305. The molecule has 18 heavy (non-hydrogen) atoms. The quantitative estimate of drug-likeness (QED) is 0.879. The van der Waals surface area contributed by atoms with Crippen LogP contribution in [0.25, 0.3) is 5.69 Å². The summed E-state index contributed by atoms with van der Waals surface area (Å²) in [6, 6.07) is 8.26. The lowest BCUT2D eigenvalue weighted by Crippen LogP contribution is -2.08. The minimum absolute atomic E-state index is 0.0305. The average molecular weight is 244 g/mol. The fourth-order valence-electron chi connectivity index (χ4n) is 1.99. The molecule has 1 atom stereocenters. The maximum atomic E-state index is 5.97. The zero-order valence-electron chi connectivity index (χ0n) is 11.0. The molecule has 0 saturated heterocycles. The van der Waals surface area contributed by atoms with Crippen molar-refractivity contribution in [1.29, 1.82) is 0 Å². The first kappa shape index (κ1) is 12.8. The van der Waals surface area contributed by atoms with E-state index in [4.69, 9.17) is 5.73 Å². The summed E-state index contributed by atoms with van der Waals surface area (Å²) in [5.41, 5.74) is 9.21. The third kappa shape index (κ3) is 2.59. The van der Waals surface area contributed by atoms with E-state index in [2.05, 4.69) is 42.4 Å². The summed E-state index contributed by atoms with van der Waals surface area (Å²) in [4.78, 5) is 0. The van der Waals surface area contributed by atoms with E-state index in [1.807, 2.05) is 16.9 Å². The lowest BCUT2D eigenvalue weighted by molar-refractivity contribution is 0.670. The monoisotopic (exact) mass is 244 g/mol. The van der Waals surface area contributed by atoms with Gasteiger partial charge in [-0.15, -0.1) is 5.10 Å². The van der Waals surface area contributed by atoms with E-state index < -0.39 is 0 Å². The molecule has 96 valence electrons. The van der Waals surface area contributed by atoms with Crippen molar-refractivity contribution in [2.45, 2.75) is 39.2 Å². The second-order valence-electron chi connectivity index (χ2n) is 4.48. The van der Waals surface area contributed by atoms with Crippen LogP contribution in [0.3, 0.4) is 0 Å². The Hall–Kier alpha value is -1.68. The number of nitrogens with zero attached hydrogens (tertiary/aromatic N) is 3. The van der Waals surface area contributed by atoms with Crippen molar-refractivity contribution in [2.24, 2.45) is 5.73 Å². The van der Waals surface area contributed by atoms with Crippen LogP contribution in [-0.2, 0) is 6.42 Å². The van der Waals surface area contributed by atoms with Crippen molar-refractivity contribution >= 4 is 0 Å². The molecule has 0 aliphatic rings. The third-order valence-electron chi connectivity index (χ3n) is 3.09. The van der Waals surface area contributed by atoms with Gasteiger partial charge in [-0.3, -0.25) is 0 Å². The summed E-state index contributed by atoms with van der Waals surface area (Å²) < 4.78 is 1.83. The first-order valence-electron chi connectivity index (χ1n) is 6.52. The molecule has 0 saturated carbocycles. The Kier molecular flexibility index (Phi) is 4.10. The molecule has 2 rings (SSSR count). The first-order chi connectivity index (χ1) is 8.76. The van der Waals surface area contributed by atoms with Crippen molar-refractivity contribution in [1.82, 2.24) is 15.0 Å². The maximum absolute atomic E-state index is 5.97. The van der Waals surface area contributed by atoms with Crippen molar-refractivity contribution in [3.8, 4) is 5.69 Å². The van der Waals surface area contributed by atoms with Crippen LogP contribution in [0.2, 0.25) is 0 Å². The molecule has 1 aromatic heterocycles. The van der Waals surface area contributed by atoms with Gasteiger partial charge in [0.1, 0.15) is 0 Å². The van der Waals surface area contributed by atoms with E-state index in [9.17, 15) is 0 Å². The van der Waals surface area contributed by atoms with Crippen molar-refractivity contribution in [2.75, 3.05) is 0 Å². The standard InChI is InChI=1S/C14H20N4/c1-3-7-11-8-5-6-9-14(11)18-10-13(16-17-18)12(15)4-2/h5-6,8-10,12H,3-4,7,15H2,1-2H3. The van der Waals surface area contributed by atoms with Gasteiger partial charge in [-0.25, -0.2) is 4.68 Å². The highest BCUT2D eigenvalue weighted by atomic mass is 15.4. The summed E-state index contributed by atoms with van der Waals surface area (Å²) in [6.07, 6.45) is 4.97. The Bertz CT molecular complexity index is 504. The largest absolute Gasteiger partial charge is 0.323 e. The van der Waals surface area contributed by atoms with E-state index in [1.165, 1.54) is 5.56 Å². The van der Waals surface area contributed by atoms with Gasteiger partial charge >= 0.3 is 0 Å². The second kappa shape index (κ2) is 5.78. The van der Waals surface area contributed by atoms with Crippen LogP contribution in [0.5, 0.6) is 0 Å².